The van der Waals surface area contributed by atoms with Crippen molar-refractivity contribution in [1.29, 1.82) is 0 Å². The van der Waals surface area contributed by atoms with E-state index < -0.39 is 0 Å². The molecule has 0 radical (unpaired) electrons. The lowest BCUT2D eigenvalue weighted by atomic mass is 9.86. The summed E-state index contributed by atoms with van der Waals surface area (Å²) in [5.74, 6) is 1.88. The summed E-state index contributed by atoms with van der Waals surface area (Å²) in [4.78, 5) is 9.55. The van der Waals surface area contributed by atoms with Gasteiger partial charge in [-0.1, -0.05) is 24.3 Å². The van der Waals surface area contributed by atoms with Gasteiger partial charge in [0, 0.05) is 43.9 Å². The van der Waals surface area contributed by atoms with E-state index in [-0.39, 0.29) is 11.6 Å². The number of guanidine groups is 1. The molecule has 0 saturated heterocycles. The summed E-state index contributed by atoms with van der Waals surface area (Å²) in [7, 11) is 0. The van der Waals surface area contributed by atoms with Crippen molar-refractivity contribution in [3.8, 4) is 5.75 Å². The maximum atomic E-state index is 6.51. The maximum absolute atomic E-state index is 6.51. The second kappa shape index (κ2) is 8.61. The Bertz CT molecular complexity index is 1030. The quantitative estimate of drug-likeness (QED) is 0.481. The van der Waals surface area contributed by atoms with Crippen LogP contribution in [0.5, 0.6) is 5.75 Å². The third kappa shape index (κ3) is 4.24. The maximum Gasteiger partial charge on any atom is 0.191 e. The largest absolute Gasteiger partial charge is 0.487 e. The van der Waals surface area contributed by atoms with E-state index in [9.17, 15) is 0 Å². The monoisotopic (exact) mass is 417 g/mol. The molecule has 162 valence electrons. The first kappa shape index (κ1) is 19.9. The van der Waals surface area contributed by atoms with Crippen LogP contribution in [0, 0.1) is 0 Å². The highest BCUT2D eigenvalue weighted by Crippen LogP contribution is 2.46. The van der Waals surface area contributed by atoms with Crippen molar-refractivity contribution >= 4 is 11.6 Å². The lowest BCUT2D eigenvalue weighted by Gasteiger charge is -2.40. The Morgan fingerprint density at radius 1 is 1.19 bits per heavy atom. The Hall–Kier alpha value is -3.02. The molecule has 2 aromatic heterocycles. The number of hydrogen-bond donors (Lipinski definition) is 2. The SMILES string of the molecule is CCNC(=NCCc1cn2ccccc2n1)NC1CC2(CCCC2)Oc2ccccc21. The van der Waals surface area contributed by atoms with Gasteiger partial charge in [0.05, 0.1) is 11.7 Å². The molecular weight excluding hydrogens is 386 g/mol. The van der Waals surface area contributed by atoms with Crippen molar-refractivity contribution in [2.45, 2.75) is 57.1 Å². The molecule has 6 nitrogen and oxygen atoms in total. The average Bonchev–Trinajstić information content (AvgIpc) is 3.40. The molecule has 1 spiro atoms. The molecule has 5 rings (SSSR count). The van der Waals surface area contributed by atoms with E-state index in [4.69, 9.17) is 9.73 Å². The number of benzene rings is 1. The third-order valence-electron chi connectivity index (χ3n) is 6.42. The molecule has 2 aliphatic rings. The van der Waals surface area contributed by atoms with Crippen LogP contribution in [-0.4, -0.2) is 34.0 Å². The topological polar surface area (TPSA) is 63.0 Å². The molecule has 1 atom stereocenters. The summed E-state index contributed by atoms with van der Waals surface area (Å²) in [6, 6.07) is 14.7. The van der Waals surface area contributed by atoms with E-state index in [1.54, 1.807) is 0 Å². The second-order valence-corrected chi connectivity index (χ2v) is 8.64. The number of hydrogen-bond acceptors (Lipinski definition) is 3. The van der Waals surface area contributed by atoms with Gasteiger partial charge in [0.15, 0.2) is 5.96 Å². The zero-order valence-corrected chi connectivity index (χ0v) is 18.2. The van der Waals surface area contributed by atoms with Crippen molar-refractivity contribution in [1.82, 2.24) is 20.0 Å². The van der Waals surface area contributed by atoms with E-state index in [1.165, 1.54) is 18.4 Å². The number of para-hydroxylation sites is 1. The summed E-state index contributed by atoms with van der Waals surface area (Å²) in [6.45, 7) is 3.63. The lowest BCUT2D eigenvalue weighted by molar-refractivity contribution is 0.0396. The second-order valence-electron chi connectivity index (χ2n) is 8.64. The Labute approximate surface area is 183 Å². The number of aromatic nitrogens is 2. The van der Waals surface area contributed by atoms with Crippen LogP contribution < -0.4 is 15.4 Å². The molecule has 0 bridgehead atoms. The van der Waals surface area contributed by atoms with E-state index in [0.717, 1.165) is 55.3 Å². The van der Waals surface area contributed by atoms with Crippen molar-refractivity contribution in [2.75, 3.05) is 13.1 Å². The highest BCUT2D eigenvalue weighted by molar-refractivity contribution is 5.80. The Kier molecular flexibility index (Phi) is 5.53. The van der Waals surface area contributed by atoms with Crippen LogP contribution in [0.3, 0.4) is 0 Å². The summed E-state index contributed by atoms with van der Waals surface area (Å²) in [5, 5.41) is 7.14. The standard InChI is InChI=1S/C25H31N5O/c1-2-26-24(27-15-12-19-18-30-16-8-5-11-23(30)28-19)29-21-17-25(13-6-7-14-25)31-22-10-4-3-9-20(21)22/h3-5,8-11,16,18,21H,2,6-7,12-15,17H2,1H3,(H2,26,27,29). The van der Waals surface area contributed by atoms with E-state index in [0.29, 0.717) is 6.54 Å². The van der Waals surface area contributed by atoms with E-state index in [2.05, 4.69) is 57.4 Å². The molecule has 0 amide bonds. The lowest BCUT2D eigenvalue weighted by Crippen LogP contribution is -2.46. The zero-order chi connectivity index (χ0) is 21.1. The van der Waals surface area contributed by atoms with Gasteiger partial charge in [0.25, 0.3) is 0 Å². The van der Waals surface area contributed by atoms with Gasteiger partial charge < -0.3 is 19.8 Å². The predicted octanol–water partition coefficient (Wildman–Crippen LogP) is 4.27. The van der Waals surface area contributed by atoms with Crippen LogP contribution in [0.15, 0.2) is 59.9 Å². The average molecular weight is 418 g/mol. The molecular formula is C25H31N5O. The number of pyridine rings is 1. The molecule has 1 fully saturated rings. The molecule has 3 aromatic rings. The minimum atomic E-state index is -0.0279. The van der Waals surface area contributed by atoms with E-state index in [1.807, 2.05) is 24.4 Å². The van der Waals surface area contributed by atoms with Gasteiger partial charge in [-0.25, -0.2) is 4.98 Å². The number of nitrogens with one attached hydrogen (secondary N) is 2. The number of aliphatic imine (C=N–C) groups is 1. The molecule has 1 aromatic carbocycles. The van der Waals surface area contributed by atoms with Gasteiger partial charge in [-0.15, -0.1) is 0 Å². The third-order valence-corrected chi connectivity index (χ3v) is 6.42. The molecule has 6 heteroatoms. The number of ether oxygens (including phenoxy) is 1. The molecule has 3 heterocycles. The number of fused-ring (bicyclic) bond motifs is 2. The molecule has 1 aliphatic carbocycles. The summed E-state index contributed by atoms with van der Waals surface area (Å²) in [6.07, 6.45) is 10.7. The van der Waals surface area contributed by atoms with Crippen molar-refractivity contribution in [3.63, 3.8) is 0 Å². The van der Waals surface area contributed by atoms with Crippen LogP contribution >= 0.6 is 0 Å². The van der Waals surface area contributed by atoms with Gasteiger partial charge in [-0.05, 0) is 50.8 Å². The van der Waals surface area contributed by atoms with Crippen molar-refractivity contribution in [2.24, 2.45) is 4.99 Å². The Morgan fingerprint density at radius 3 is 2.87 bits per heavy atom. The summed E-state index contributed by atoms with van der Waals surface area (Å²) < 4.78 is 8.57. The van der Waals surface area contributed by atoms with Crippen molar-refractivity contribution in [3.05, 3.63) is 66.1 Å². The fraction of sp³-hybridized carbons (Fsp3) is 0.440. The van der Waals surface area contributed by atoms with Gasteiger partial charge in [-0.3, -0.25) is 4.99 Å². The zero-order valence-electron chi connectivity index (χ0n) is 18.2. The first-order valence-electron chi connectivity index (χ1n) is 11.5. The van der Waals surface area contributed by atoms with Crippen LogP contribution in [0.25, 0.3) is 5.65 Å². The Balaban J connectivity index is 1.31. The molecule has 31 heavy (non-hydrogen) atoms. The van der Waals surface area contributed by atoms with Crippen LogP contribution in [0.4, 0.5) is 0 Å². The van der Waals surface area contributed by atoms with Crippen LogP contribution in [0.2, 0.25) is 0 Å². The molecule has 1 aliphatic heterocycles. The summed E-state index contributed by atoms with van der Waals surface area (Å²) in [5.41, 5.74) is 3.24. The number of rotatable bonds is 5. The first-order chi connectivity index (χ1) is 15.2. The molecule has 1 saturated carbocycles. The van der Waals surface area contributed by atoms with Crippen LogP contribution in [0.1, 0.15) is 56.3 Å². The van der Waals surface area contributed by atoms with Gasteiger partial charge in [-0.2, -0.15) is 0 Å². The molecule has 1 unspecified atom stereocenters. The van der Waals surface area contributed by atoms with Crippen molar-refractivity contribution < 1.29 is 4.74 Å². The highest BCUT2D eigenvalue weighted by atomic mass is 16.5. The fourth-order valence-electron chi connectivity index (χ4n) is 4.95. The van der Waals surface area contributed by atoms with Gasteiger partial charge in [0.2, 0.25) is 0 Å². The van der Waals surface area contributed by atoms with Crippen LogP contribution in [-0.2, 0) is 6.42 Å². The Morgan fingerprint density at radius 2 is 2.03 bits per heavy atom. The normalized spacial score (nSPS) is 19.9. The van der Waals surface area contributed by atoms with E-state index >= 15 is 0 Å². The first-order valence-corrected chi connectivity index (χ1v) is 11.5. The number of imidazole rings is 1. The van der Waals surface area contributed by atoms with Gasteiger partial charge >= 0.3 is 0 Å². The fourth-order valence-corrected chi connectivity index (χ4v) is 4.95. The van der Waals surface area contributed by atoms with Gasteiger partial charge in [0.1, 0.15) is 17.0 Å². The molecule has 2 N–H and O–H groups in total. The minimum Gasteiger partial charge on any atom is -0.487 e. The predicted molar refractivity (Wildman–Crippen MR) is 124 cm³/mol. The summed E-state index contributed by atoms with van der Waals surface area (Å²) >= 11 is 0. The number of nitrogens with zero attached hydrogens (tertiary/aromatic N) is 3. The highest BCUT2D eigenvalue weighted by Gasteiger charge is 2.43. The minimum absolute atomic E-state index is 0.0279. The smallest absolute Gasteiger partial charge is 0.191 e.